The zero-order valence-corrected chi connectivity index (χ0v) is 16.8. The van der Waals surface area contributed by atoms with Crippen LogP contribution in [0.2, 0.25) is 10.0 Å². The molecule has 1 saturated heterocycles. The zero-order chi connectivity index (χ0) is 19.4. The predicted octanol–water partition coefficient (Wildman–Crippen LogP) is 3.48. The number of primary amides is 1. The van der Waals surface area contributed by atoms with Gasteiger partial charge in [0.15, 0.2) is 0 Å². The summed E-state index contributed by atoms with van der Waals surface area (Å²) in [6.45, 7) is 3.17. The number of halogens is 2. The van der Waals surface area contributed by atoms with Crippen molar-refractivity contribution in [2.24, 2.45) is 11.7 Å². The van der Waals surface area contributed by atoms with Crippen LogP contribution in [-0.4, -0.2) is 54.6 Å². The number of hydrogen-bond donors (Lipinski definition) is 2. The Morgan fingerprint density at radius 2 is 1.85 bits per heavy atom. The quantitative estimate of drug-likeness (QED) is 0.769. The van der Waals surface area contributed by atoms with Gasteiger partial charge in [-0.25, -0.2) is 4.79 Å². The van der Waals surface area contributed by atoms with Crippen molar-refractivity contribution >= 4 is 35.0 Å². The monoisotopic (exact) mass is 415 g/mol. The highest BCUT2D eigenvalue weighted by atomic mass is 35.5. The van der Waals surface area contributed by atoms with Crippen molar-refractivity contribution in [1.82, 2.24) is 4.90 Å². The molecule has 1 unspecified atom stereocenters. The van der Waals surface area contributed by atoms with Crippen LogP contribution in [0.25, 0.3) is 0 Å². The summed E-state index contributed by atoms with van der Waals surface area (Å²) in [5.74, 6) is 0.452. The third-order valence-electron chi connectivity index (χ3n) is 5.63. The summed E-state index contributed by atoms with van der Waals surface area (Å²) in [5.41, 5.74) is 6.03. The molecule has 27 heavy (non-hydrogen) atoms. The molecular formula is C19H27Cl2N3O3. The van der Waals surface area contributed by atoms with Crippen molar-refractivity contribution in [3.8, 4) is 0 Å². The molecule has 1 aliphatic heterocycles. The fraction of sp³-hybridized carbons (Fsp3) is 0.632. The predicted molar refractivity (Wildman–Crippen MR) is 107 cm³/mol. The summed E-state index contributed by atoms with van der Waals surface area (Å²) < 4.78 is 5.07. The highest BCUT2D eigenvalue weighted by Crippen LogP contribution is 2.34. The van der Waals surface area contributed by atoms with Gasteiger partial charge in [-0.15, -0.1) is 0 Å². The Bertz CT molecular complexity index is 645. The summed E-state index contributed by atoms with van der Waals surface area (Å²) in [7, 11) is 0. The molecule has 150 valence electrons. The number of nitrogens with zero attached hydrogens (tertiary/aromatic N) is 2. The van der Waals surface area contributed by atoms with Gasteiger partial charge < -0.3 is 20.5 Å². The maximum Gasteiger partial charge on any atom is 0.404 e. The standard InChI is InChI=1S/C19H27Cl2N3O3/c20-15-2-1-3-16(18(15)21)23-8-10-24(11-9-23)17(25)12-13-4-6-14(7-5-13)27-19(22)26/h1-3,13-14,17,25H,4-12H2,(H2,22,26). The van der Waals surface area contributed by atoms with Crippen molar-refractivity contribution in [3.05, 3.63) is 28.2 Å². The molecule has 0 radical (unpaired) electrons. The highest BCUT2D eigenvalue weighted by molar-refractivity contribution is 6.43. The van der Waals surface area contributed by atoms with Gasteiger partial charge in [-0.3, -0.25) is 4.90 Å². The molecule has 0 aromatic heterocycles. The Hall–Kier alpha value is -1.21. The lowest BCUT2D eigenvalue weighted by molar-refractivity contribution is -0.0255. The van der Waals surface area contributed by atoms with Crippen LogP contribution in [0.15, 0.2) is 18.2 Å². The average molecular weight is 416 g/mol. The number of ether oxygens (including phenoxy) is 1. The summed E-state index contributed by atoms with van der Waals surface area (Å²) >= 11 is 12.4. The van der Waals surface area contributed by atoms with Crippen molar-refractivity contribution in [2.75, 3.05) is 31.1 Å². The summed E-state index contributed by atoms with van der Waals surface area (Å²) in [5, 5.41) is 11.8. The van der Waals surface area contributed by atoms with Gasteiger partial charge in [-0.2, -0.15) is 0 Å². The number of amides is 1. The molecule has 1 atom stereocenters. The Kier molecular flexibility index (Phi) is 7.09. The van der Waals surface area contributed by atoms with E-state index in [-0.39, 0.29) is 6.10 Å². The largest absolute Gasteiger partial charge is 0.446 e. The van der Waals surface area contributed by atoms with Crippen LogP contribution in [0, 0.1) is 5.92 Å². The normalized spacial score (nSPS) is 25.2. The number of aliphatic hydroxyl groups is 1. The fourth-order valence-corrected chi connectivity index (χ4v) is 4.51. The number of carbonyl (C=O) groups is 1. The van der Waals surface area contributed by atoms with E-state index in [1.165, 1.54) is 0 Å². The lowest BCUT2D eigenvalue weighted by atomic mass is 9.84. The van der Waals surface area contributed by atoms with Crippen LogP contribution in [0.5, 0.6) is 0 Å². The molecule has 3 rings (SSSR count). The van der Waals surface area contributed by atoms with Crippen LogP contribution in [-0.2, 0) is 4.74 Å². The van der Waals surface area contributed by atoms with Gasteiger partial charge >= 0.3 is 6.09 Å². The van der Waals surface area contributed by atoms with Gasteiger partial charge in [0, 0.05) is 26.2 Å². The third-order valence-corrected chi connectivity index (χ3v) is 6.44. The molecule has 6 nitrogen and oxygen atoms in total. The molecule has 0 bridgehead atoms. The molecule has 1 aromatic rings. The van der Waals surface area contributed by atoms with E-state index in [9.17, 15) is 9.90 Å². The van der Waals surface area contributed by atoms with Crippen LogP contribution in [0.4, 0.5) is 10.5 Å². The van der Waals surface area contributed by atoms with Crippen LogP contribution >= 0.6 is 23.2 Å². The van der Waals surface area contributed by atoms with E-state index < -0.39 is 12.3 Å². The SMILES string of the molecule is NC(=O)OC1CCC(CC(O)N2CCN(c3cccc(Cl)c3Cl)CC2)CC1. The van der Waals surface area contributed by atoms with E-state index in [2.05, 4.69) is 9.80 Å². The molecule has 1 aromatic carbocycles. The molecule has 2 fully saturated rings. The van der Waals surface area contributed by atoms with Gasteiger partial charge in [0.2, 0.25) is 0 Å². The van der Waals surface area contributed by atoms with E-state index in [0.29, 0.717) is 16.0 Å². The van der Waals surface area contributed by atoms with Gasteiger partial charge in [0.25, 0.3) is 0 Å². The second kappa shape index (κ2) is 9.32. The van der Waals surface area contributed by atoms with Crippen molar-refractivity contribution in [2.45, 2.75) is 44.4 Å². The van der Waals surface area contributed by atoms with Crippen LogP contribution in [0.1, 0.15) is 32.1 Å². The van der Waals surface area contributed by atoms with Crippen LogP contribution < -0.4 is 10.6 Å². The number of piperazine rings is 1. The Morgan fingerprint density at radius 1 is 1.19 bits per heavy atom. The van der Waals surface area contributed by atoms with E-state index in [1.807, 2.05) is 12.1 Å². The summed E-state index contributed by atoms with van der Waals surface area (Å²) in [6, 6.07) is 5.67. The minimum absolute atomic E-state index is 0.0677. The maximum atomic E-state index is 10.8. The first-order valence-electron chi connectivity index (χ1n) is 9.51. The average Bonchev–Trinajstić information content (AvgIpc) is 2.65. The van der Waals surface area contributed by atoms with E-state index in [0.717, 1.165) is 64.0 Å². The minimum atomic E-state index is -0.698. The number of rotatable bonds is 5. The molecule has 2 aliphatic rings. The van der Waals surface area contributed by atoms with Crippen molar-refractivity contribution < 1.29 is 14.6 Å². The van der Waals surface area contributed by atoms with E-state index in [1.54, 1.807) is 6.07 Å². The number of benzene rings is 1. The highest BCUT2D eigenvalue weighted by Gasteiger charge is 2.29. The molecule has 1 aliphatic carbocycles. The van der Waals surface area contributed by atoms with Gasteiger partial charge in [-0.05, 0) is 50.2 Å². The maximum absolute atomic E-state index is 10.8. The van der Waals surface area contributed by atoms with Gasteiger partial charge in [0.05, 0.1) is 15.7 Å². The Balaban J connectivity index is 1.44. The van der Waals surface area contributed by atoms with Crippen LogP contribution in [0.3, 0.4) is 0 Å². The lowest BCUT2D eigenvalue weighted by Gasteiger charge is -2.40. The zero-order valence-electron chi connectivity index (χ0n) is 15.3. The van der Waals surface area contributed by atoms with Crippen molar-refractivity contribution in [1.29, 1.82) is 0 Å². The number of anilines is 1. The molecule has 1 heterocycles. The summed E-state index contributed by atoms with van der Waals surface area (Å²) in [4.78, 5) is 15.2. The molecule has 3 N–H and O–H groups in total. The smallest absolute Gasteiger partial charge is 0.404 e. The Labute approximate surface area is 170 Å². The van der Waals surface area contributed by atoms with Gasteiger partial charge in [-0.1, -0.05) is 29.3 Å². The van der Waals surface area contributed by atoms with E-state index in [4.69, 9.17) is 33.7 Å². The molecule has 1 saturated carbocycles. The number of nitrogens with two attached hydrogens (primary N) is 1. The second-order valence-electron chi connectivity index (χ2n) is 7.39. The Morgan fingerprint density at radius 3 is 2.48 bits per heavy atom. The first kappa shape index (κ1) is 20.5. The second-order valence-corrected chi connectivity index (χ2v) is 8.18. The molecular weight excluding hydrogens is 389 g/mol. The number of hydrogen-bond acceptors (Lipinski definition) is 5. The first-order chi connectivity index (χ1) is 12.9. The number of aliphatic hydroxyl groups excluding tert-OH is 1. The molecule has 0 spiro atoms. The first-order valence-corrected chi connectivity index (χ1v) is 10.3. The van der Waals surface area contributed by atoms with Gasteiger partial charge in [0.1, 0.15) is 12.3 Å². The third kappa shape index (κ3) is 5.41. The fourth-order valence-electron chi connectivity index (χ4n) is 4.09. The lowest BCUT2D eigenvalue weighted by Crippen LogP contribution is -2.51. The van der Waals surface area contributed by atoms with E-state index >= 15 is 0 Å². The minimum Gasteiger partial charge on any atom is -0.446 e. The number of carbonyl (C=O) groups excluding carboxylic acids is 1. The topological polar surface area (TPSA) is 79.0 Å². The molecule has 1 amide bonds. The summed E-state index contributed by atoms with van der Waals surface area (Å²) in [6.07, 6.45) is 3.09. The van der Waals surface area contributed by atoms with Crippen molar-refractivity contribution in [3.63, 3.8) is 0 Å². The molecule has 8 heteroatoms.